The molecule has 10 heteroatoms. The van der Waals surface area contributed by atoms with E-state index in [9.17, 15) is 9.46 Å². The lowest BCUT2D eigenvalue weighted by Crippen LogP contribution is -2.30. The first kappa shape index (κ1) is 17.4. The Balaban J connectivity index is 1.92. The second-order valence-electron chi connectivity index (χ2n) is 5.04. The Labute approximate surface area is 124 Å². The zero-order chi connectivity index (χ0) is 15.5. The van der Waals surface area contributed by atoms with Gasteiger partial charge in [-0.15, -0.1) is 0 Å². The van der Waals surface area contributed by atoms with Crippen molar-refractivity contribution >= 4 is 15.7 Å². The van der Waals surface area contributed by atoms with Crippen LogP contribution in [0.2, 0.25) is 0 Å². The summed E-state index contributed by atoms with van der Waals surface area (Å²) in [6, 6.07) is -0.574. The van der Waals surface area contributed by atoms with Crippen LogP contribution in [0.3, 0.4) is 0 Å². The SMILES string of the molecule is [B][C@H]1CC(OP(=O)(O)OC2CCO[C@@H]2CO)[C@@H](COC)O1. The Morgan fingerprint density at radius 1 is 1.33 bits per heavy atom. The number of aliphatic hydroxyl groups is 1. The zero-order valence-electron chi connectivity index (χ0n) is 11.8. The van der Waals surface area contributed by atoms with Crippen LogP contribution in [0.15, 0.2) is 0 Å². The number of methoxy groups -OCH3 is 1. The van der Waals surface area contributed by atoms with Gasteiger partial charge in [-0.3, -0.25) is 9.05 Å². The van der Waals surface area contributed by atoms with Crippen LogP contribution in [0.5, 0.6) is 0 Å². The van der Waals surface area contributed by atoms with Crippen LogP contribution < -0.4 is 0 Å². The third-order valence-corrected chi connectivity index (χ3v) is 4.50. The van der Waals surface area contributed by atoms with Crippen molar-refractivity contribution in [3.63, 3.8) is 0 Å². The van der Waals surface area contributed by atoms with Crippen LogP contribution in [-0.4, -0.2) is 75.2 Å². The second-order valence-corrected chi connectivity index (χ2v) is 6.40. The molecule has 0 spiro atoms. The summed E-state index contributed by atoms with van der Waals surface area (Å²) < 4.78 is 37.8. The molecule has 2 fully saturated rings. The fourth-order valence-corrected chi connectivity index (χ4v) is 3.65. The van der Waals surface area contributed by atoms with Gasteiger partial charge in [0.05, 0.1) is 19.3 Å². The highest BCUT2D eigenvalue weighted by Crippen LogP contribution is 2.49. The van der Waals surface area contributed by atoms with Gasteiger partial charge < -0.3 is 24.2 Å². The summed E-state index contributed by atoms with van der Waals surface area (Å²) in [7, 11) is 2.82. The Hall–Kier alpha value is 0.0149. The van der Waals surface area contributed by atoms with Crippen molar-refractivity contribution in [3.05, 3.63) is 0 Å². The first-order chi connectivity index (χ1) is 9.95. The van der Waals surface area contributed by atoms with E-state index in [2.05, 4.69) is 0 Å². The van der Waals surface area contributed by atoms with E-state index in [1.165, 1.54) is 7.11 Å². The molecule has 21 heavy (non-hydrogen) atoms. The van der Waals surface area contributed by atoms with E-state index in [4.69, 9.17) is 36.2 Å². The maximum atomic E-state index is 12.1. The van der Waals surface area contributed by atoms with Gasteiger partial charge in [-0.25, -0.2) is 4.57 Å². The van der Waals surface area contributed by atoms with E-state index in [1.54, 1.807) is 0 Å². The normalized spacial score (nSPS) is 39.5. The third kappa shape index (κ3) is 4.74. The fraction of sp³-hybridized carbons (Fsp3) is 1.00. The van der Waals surface area contributed by atoms with Crippen LogP contribution >= 0.6 is 7.82 Å². The maximum Gasteiger partial charge on any atom is 0.472 e. The molecule has 2 rings (SSSR count). The number of rotatable bonds is 7. The first-order valence-electron chi connectivity index (χ1n) is 6.77. The van der Waals surface area contributed by atoms with Gasteiger partial charge in [0.2, 0.25) is 0 Å². The summed E-state index contributed by atoms with van der Waals surface area (Å²) in [6.45, 7) is 0.276. The molecule has 0 aromatic heterocycles. The van der Waals surface area contributed by atoms with Crippen molar-refractivity contribution < 1.29 is 37.8 Å². The lowest BCUT2D eigenvalue weighted by atomic mass is 9.96. The highest BCUT2D eigenvalue weighted by molar-refractivity contribution is 7.47. The number of phosphoric ester groups is 1. The van der Waals surface area contributed by atoms with E-state index < -0.39 is 38.2 Å². The molecule has 0 aliphatic carbocycles. The summed E-state index contributed by atoms with van der Waals surface area (Å²) in [5, 5.41) is 9.09. The van der Waals surface area contributed by atoms with Crippen LogP contribution in [-0.2, 0) is 27.8 Å². The molecule has 2 heterocycles. The third-order valence-electron chi connectivity index (χ3n) is 3.43. The van der Waals surface area contributed by atoms with Crippen molar-refractivity contribution in [2.45, 2.75) is 43.3 Å². The quantitative estimate of drug-likeness (QED) is 0.481. The van der Waals surface area contributed by atoms with Gasteiger partial charge in [0.25, 0.3) is 0 Å². The summed E-state index contributed by atoms with van der Waals surface area (Å²) >= 11 is 0. The minimum Gasteiger partial charge on any atom is -0.394 e. The van der Waals surface area contributed by atoms with E-state index >= 15 is 0 Å². The van der Waals surface area contributed by atoms with Crippen LogP contribution in [0.25, 0.3) is 0 Å². The van der Waals surface area contributed by atoms with Gasteiger partial charge in [0, 0.05) is 26.1 Å². The monoisotopic (exact) mass is 322 g/mol. The minimum absolute atomic E-state index is 0.199. The molecule has 2 radical (unpaired) electrons. The molecule has 2 aliphatic heterocycles. The van der Waals surface area contributed by atoms with Crippen molar-refractivity contribution in [1.82, 2.24) is 0 Å². The van der Waals surface area contributed by atoms with Gasteiger partial charge in [-0.05, 0) is 6.42 Å². The molecular formula is C11H20BO8P. The van der Waals surface area contributed by atoms with Gasteiger partial charge in [0.1, 0.15) is 26.2 Å². The maximum absolute atomic E-state index is 12.1. The van der Waals surface area contributed by atoms with Gasteiger partial charge >= 0.3 is 7.82 Å². The lowest BCUT2D eigenvalue weighted by molar-refractivity contribution is -0.0319. The zero-order valence-corrected chi connectivity index (χ0v) is 12.7. The highest BCUT2D eigenvalue weighted by atomic mass is 31.2. The molecule has 0 aromatic rings. The fourth-order valence-electron chi connectivity index (χ4n) is 2.46. The van der Waals surface area contributed by atoms with Crippen LogP contribution in [0.4, 0.5) is 0 Å². The molecule has 2 saturated heterocycles. The smallest absolute Gasteiger partial charge is 0.394 e. The summed E-state index contributed by atoms with van der Waals surface area (Å²) in [4.78, 5) is 9.86. The molecule has 6 atom stereocenters. The predicted octanol–water partition coefficient (Wildman–Crippen LogP) is -0.432. The number of ether oxygens (including phenoxy) is 3. The summed E-state index contributed by atoms with van der Waals surface area (Å²) in [6.07, 6.45) is -1.82. The number of phosphoric acid groups is 1. The van der Waals surface area contributed by atoms with E-state index in [-0.39, 0.29) is 19.6 Å². The lowest BCUT2D eigenvalue weighted by Gasteiger charge is -2.24. The Morgan fingerprint density at radius 3 is 2.71 bits per heavy atom. The molecule has 3 unspecified atom stereocenters. The average Bonchev–Trinajstić information content (AvgIpc) is 2.96. The first-order valence-corrected chi connectivity index (χ1v) is 8.26. The molecular weight excluding hydrogens is 302 g/mol. The van der Waals surface area contributed by atoms with Gasteiger partial charge in [-0.1, -0.05) is 0 Å². The van der Waals surface area contributed by atoms with Crippen LogP contribution in [0, 0.1) is 0 Å². The van der Waals surface area contributed by atoms with E-state index in [0.717, 1.165) is 0 Å². The van der Waals surface area contributed by atoms with Crippen molar-refractivity contribution in [2.24, 2.45) is 0 Å². The van der Waals surface area contributed by atoms with Gasteiger partial charge in [-0.2, -0.15) is 0 Å². The van der Waals surface area contributed by atoms with Crippen molar-refractivity contribution in [3.8, 4) is 0 Å². The molecule has 0 amide bonds. The Kier molecular flexibility index (Phi) is 6.22. The van der Waals surface area contributed by atoms with Crippen molar-refractivity contribution in [1.29, 1.82) is 0 Å². The average molecular weight is 322 g/mol. The Bertz CT molecular complexity index is 383. The standard InChI is InChI=1S/C11H20BO8P/c1-16-6-10-8(4-11(12)18-10)20-21(14,15)19-7-2-3-17-9(7)5-13/h7-11,13H,2-6H2,1H3,(H,14,15)/t7?,8?,9-,10-,11-/m1/s1. The van der Waals surface area contributed by atoms with Crippen LogP contribution in [0.1, 0.15) is 12.8 Å². The minimum atomic E-state index is -4.31. The second kappa shape index (κ2) is 7.52. The molecule has 0 saturated carbocycles. The molecule has 120 valence electrons. The summed E-state index contributed by atoms with van der Waals surface area (Å²) in [5.41, 5.74) is 0. The van der Waals surface area contributed by atoms with Gasteiger partial charge in [0.15, 0.2) is 0 Å². The topological polar surface area (TPSA) is 104 Å². The molecule has 0 bridgehead atoms. The molecule has 8 nitrogen and oxygen atoms in total. The summed E-state index contributed by atoms with van der Waals surface area (Å²) in [5.74, 6) is 0. The van der Waals surface area contributed by atoms with E-state index in [1.807, 2.05) is 0 Å². The Morgan fingerprint density at radius 2 is 2.05 bits per heavy atom. The number of aliphatic hydroxyl groups excluding tert-OH is 1. The molecule has 2 N–H and O–H groups in total. The number of hydrogen-bond acceptors (Lipinski definition) is 7. The predicted molar refractivity (Wildman–Crippen MR) is 71.9 cm³/mol. The van der Waals surface area contributed by atoms with E-state index in [0.29, 0.717) is 13.0 Å². The largest absolute Gasteiger partial charge is 0.472 e. The highest BCUT2D eigenvalue weighted by Gasteiger charge is 2.42. The van der Waals surface area contributed by atoms with Crippen molar-refractivity contribution in [2.75, 3.05) is 26.9 Å². The number of hydrogen-bond donors (Lipinski definition) is 2. The molecule has 0 aromatic carbocycles. The molecule has 2 aliphatic rings.